The summed E-state index contributed by atoms with van der Waals surface area (Å²) in [6.45, 7) is 1.86. The Kier molecular flexibility index (Phi) is 4.60. The second kappa shape index (κ2) is 6.21. The Balaban J connectivity index is 1.79. The molecule has 0 aromatic carbocycles. The monoisotopic (exact) mass is 328 g/mol. The minimum absolute atomic E-state index is 0.0981. The highest BCUT2D eigenvalue weighted by molar-refractivity contribution is 9.10. The van der Waals surface area contributed by atoms with E-state index in [1.807, 2.05) is 4.90 Å². The van der Waals surface area contributed by atoms with Crippen molar-refractivity contribution in [1.29, 1.82) is 0 Å². The molecule has 0 aliphatic carbocycles. The van der Waals surface area contributed by atoms with Crippen molar-refractivity contribution in [3.63, 3.8) is 0 Å². The molecule has 1 aromatic rings. The van der Waals surface area contributed by atoms with E-state index in [0.29, 0.717) is 12.2 Å². The van der Waals surface area contributed by atoms with Crippen LogP contribution in [0.1, 0.15) is 23.3 Å². The van der Waals surface area contributed by atoms with Gasteiger partial charge in [0.25, 0.3) is 5.91 Å². The smallest absolute Gasteiger partial charge is 0.267 e. The van der Waals surface area contributed by atoms with E-state index in [4.69, 9.17) is 5.73 Å². The van der Waals surface area contributed by atoms with Gasteiger partial charge in [0.15, 0.2) is 0 Å². The summed E-state index contributed by atoms with van der Waals surface area (Å²) in [6.07, 6.45) is 3.40. The second-order valence-corrected chi connectivity index (χ2v) is 5.64. The van der Waals surface area contributed by atoms with Crippen LogP contribution in [0.2, 0.25) is 0 Å². The standard InChI is InChI=1S/C12H17BrN4O2/c13-8-5-10(15-6-8)12(19)16-9-1-3-17(4-2-9)7-11(14)18/h5-6,9,15H,1-4,7H2,(H2,14,18)(H,16,19). The average molecular weight is 329 g/mol. The largest absolute Gasteiger partial charge is 0.369 e. The highest BCUT2D eigenvalue weighted by atomic mass is 79.9. The van der Waals surface area contributed by atoms with Crippen LogP contribution in [0.3, 0.4) is 0 Å². The summed E-state index contributed by atoms with van der Waals surface area (Å²) in [6, 6.07) is 1.90. The number of hydrogen-bond acceptors (Lipinski definition) is 3. The zero-order valence-electron chi connectivity index (χ0n) is 10.5. The number of aromatic amines is 1. The van der Waals surface area contributed by atoms with Gasteiger partial charge >= 0.3 is 0 Å². The molecule has 1 aliphatic heterocycles. The lowest BCUT2D eigenvalue weighted by Crippen LogP contribution is -2.46. The van der Waals surface area contributed by atoms with Gasteiger partial charge < -0.3 is 16.0 Å². The molecule has 0 radical (unpaired) electrons. The highest BCUT2D eigenvalue weighted by Crippen LogP contribution is 2.13. The van der Waals surface area contributed by atoms with Crippen LogP contribution in [0.15, 0.2) is 16.7 Å². The first-order chi connectivity index (χ1) is 9.04. The maximum absolute atomic E-state index is 11.9. The van der Waals surface area contributed by atoms with Crippen molar-refractivity contribution in [3.8, 4) is 0 Å². The molecule has 0 bridgehead atoms. The number of carbonyl (C=O) groups excluding carboxylic acids is 2. The van der Waals surface area contributed by atoms with Gasteiger partial charge in [-0.1, -0.05) is 0 Å². The Morgan fingerprint density at radius 3 is 2.68 bits per heavy atom. The lowest BCUT2D eigenvalue weighted by molar-refractivity contribution is -0.119. The number of piperidine rings is 1. The van der Waals surface area contributed by atoms with Crippen LogP contribution in [0.5, 0.6) is 0 Å². The zero-order chi connectivity index (χ0) is 13.8. The van der Waals surface area contributed by atoms with Gasteiger partial charge in [0, 0.05) is 29.8 Å². The Morgan fingerprint density at radius 2 is 2.16 bits per heavy atom. The van der Waals surface area contributed by atoms with Crippen LogP contribution in [0.4, 0.5) is 0 Å². The van der Waals surface area contributed by atoms with Gasteiger partial charge in [-0.2, -0.15) is 0 Å². The molecule has 0 saturated carbocycles. The number of primary amides is 1. The number of carbonyl (C=O) groups is 2. The normalized spacial score (nSPS) is 17.3. The zero-order valence-corrected chi connectivity index (χ0v) is 12.1. The predicted molar refractivity (Wildman–Crippen MR) is 74.6 cm³/mol. The number of nitrogens with one attached hydrogen (secondary N) is 2. The van der Waals surface area contributed by atoms with E-state index in [9.17, 15) is 9.59 Å². The molecule has 2 amide bonds. The first kappa shape index (κ1) is 14.1. The van der Waals surface area contributed by atoms with E-state index in [1.165, 1.54) is 0 Å². The first-order valence-electron chi connectivity index (χ1n) is 6.20. The Bertz CT molecular complexity index is 466. The fourth-order valence-electron chi connectivity index (χ4n) is 2.22. The molecule has 1 fully saturated rings. The lowest BCUT2D eigenvalue weighted by Gasteiger charge is -2.31. The van der Waals surface area contributed by atoms with Gasteiger partial charge in [-0.15, -0.1) is 0 Å². The van der Waals surface area contributed by atoms with E-state index >= 15 is 0 Å². The summed E-state index contributed by atoms with van der Waals surface area (Å²) in [5.74, 6) is -0.405. The van der Waals surface area contributed by atoms with Gasteiger partial charge in [0.05, 0.1) is 6.54 Å². The van der Waals surface area contributed by atoms with E-state index in [1.54, 1.807) is 12.3 Å². The van der Waals surface area contributed by atoms with Crippen LogP contribution in [0.25, 0.3) is 0 Å². The molecular formula is C12H17BrN4O2. The van der Waals surface area contributed by atoms with Gasteiger partial charge in [-0.3, -0.25) is 14.5 Å². The third kappa shape index (κ3) is 4.07. The van der Waals surface area contributed by atoms with Crippen LogP contribution in [0, 0.1) is 0 Å². The highest BCUT2D eigenvalue weighted by Gasteiger charge is 2.22. The van der Waals surface area contributed by atoms with Gasteiger partial charge in [0.1, 0.15) is 5.69 Å². The van der Waals surface area contributed by atoms with Gasteiger partial charge in [0.2, 0.25) is 5.91 Å². The van der Waals surface area contributed by atoms with Crippen LogP contribution in [-0.4, -0.2) is 47.4 Å². The summed E-state index contributed by atoms with van der Waals surface area (Å²) in [4.78, 5) is 27.7. The molecule has 7 heteroatoms. The third-order valence-corrected chi connectivity index (χ3v) is 3.65. The molecule has 1 aromatic heterocycles. The maximum Gasteiger partial charge on any atom is 0.267 e. The van der Waals surface area contributed by atoms with E-state index in [-0.39, 0.29) is 17.9 Å². The van der Waals surface area contributed by atoms with Crippen molar-refractivity contribution in [2.24, 2.45) is 5.73 Å². The number of H-pyrrole nitrogens is 1. The third-order valence-electron chi connectivity index (χ3n) is 3.19. The molecule has 6 nitrogen and oxygen atoms in total. The minimum Gasteiger partial charge on any atom is -0.369 e. The molecule has 0 atom stereocenters. The number of rotatable bonds is 4. The number of amides is 2. The number of likely N-dealkylation sites (tertiary alicyclic amines) is 1. The molecule has 0 unspecified atom stereocenters. The number of halogens is 1. The molecule has 104 valence electrons. The Morgan fingerprint density at radius 1 is 1.47 bits per heavy atom. The topological polar surface area (TPSA) is 91.2 Å². The van der Waals surface area contributed by atoms with Crippen molar-refractivity contribution in [2.75, 3.05) is 19.6 Å². The molecule has 2 rings (SSSR count). The predicted octanol–water partition coefficient (Wildman–Crippen LogP) is 0.457. The van der Waals surface area contributed by atoms with E-state index in [0.717, 1.165) is 30.4 Å². The molecule has 0 spiro atoms. The summed E-state index contributed by atoms with van der Waals surface area (Å²) in [7, 11) is 0. The van der Waals surface area contributed by atoms with Gasteiger partial charge in [-0.25, -0.2) is 0 Å². The number of hydrogen-bond donors (Lipinski definition) is 3. The average Bonchev–Trinajstić information content (AvgIpc) is 2.78. The second-order valence-electron chi connectivity index (χ2n) is 4.72. The van der Waals surface area contributed by atoms with E-state index in [2.05, 4.69) is 26.2 Å². The molecule has 19 heavy (non-hydrogen) atoms. The molecule has 1 saturated heterocycles. The Hall–Kier alpha value is -1.34. The summed E-state index contributed by atoms with van der Waals surface area (Å²) in [5, 5.41) is 2.99. The molecule has 1 aliphatic rings. The number of nitrogens with zero attached hydrogens (tertiary/aromatic N) is 1. The SMILES string of the molecule is NC(=O)CN1CCC(NC(=O)c2cc(Br)c[nH]2)CC1. The number of aromatic nitrogens is 1. The fourth-order valence-corrected chi connectivity index (χ4v) is 2.56. The van der Waals surface area contributed by atoms with Crippen molar-refractivity contribution >= 4 is 27.7 Å². The number of nitrogens with two attached hydrogens (primary N) is 1. The molecule has 2 heterocycles. The first-order valence-corrected chi connectivity index (χ1v) is 6.99. The molecular weight excluding hydrogens is 312 g/mol. The summed E-state index contributed by atoms with van der Waals surface area (Å²) in [5.41, 5.74) is 5.71. The van der Waals surface area contributed by atoms with Gasteiger partial charge in [-0.05, 0) is 34.8 Å². The Labute approximate surface area is 119 Å². The van der Waals surface area contributed by atoms with Crippen LogP contribution >= 0.6 is 15.9 Å². The van der Waals surface area contributed by atoms with Crippen LogP contribution < -0.4 is 11.1 Å². The minimum atomic E-state index is -0.307. The van der Waals surface area contributed by atoms with Crippen molar-refractivity contribution < 1.29 is 9.59 Å². The van der Waals surface area contributed by atoms with Crippen molar-refractivity contribution in [1.82, 2.24) is 15.2 Å². The van der Waals surface area contributed by atoms with E-state index < -0.39 is 0 Å². The maximum atomic E-state index is 11.9. The summed E-state index contributed by atoms with van der Waals surface area (Å²) < 4.78 is 0.855. The quantitative estimate of drug-likeness (QED) is 0.749. The van der Waals surface area contributed by atoms with Crippen LogP contribution in [-0.2, 0) is 4.79 Å². The lowest BCUT2D eigenvalue weighted by atomic mass is 10.0. The molecule has 4 N–H and O–H groups in total. The summed E-state index contributed by atoms with van der Waals surface area (Å²) >= 11 is 3.29. The van der Waals surface area contributed by atoms with Crippen molar-refractivity contribution in [3.05, 3.63) is 22.4 Å². The fraction of sp³-hybridized carbons (Fsp3) is 0.500. The van der Waals surface area contributed by atoms with Crippen molar-refractivity contribution in [2.45, 2.75) is 18.9 Å².